The van der Waals surface area contributed by atoms with Crippen LogP contribution in [0.2, 0.25) is 0 Å². The van der Waals surface area contributed by atoms with Crippen molar-refractivity contribution < 1.29 is 4.79 Å². The number of aryl methyl sites for hydroxylation is 1. The molecule has 1 aromatic carbocycles. The molecule has 5 nitrogen and oxygen atoms in total. The zero-order chi connectivity index (χ0) is 15.6. The first-order valence-corrected chi connectivity index (χ1v) is 7.47. The molecule has 1 heterocycles. The molecule has 2 amide bonds. The molecule has 0 aliphatic rings. The number of amides is 2. The number of unbranched alkanes of at least 4 members (excludes halogenated alkanes) is 1. The van der Waals surface area contributed by atoms with Gasteiger partial charge in [0.25, 0.3) is 0 Å². The van der Waals surface area contributed by atoms with Crippen LogP contribution in [0.15, 0.2) is 59.5 Å². The lowest BCUT2D eigenvalue weighted by Gasteiger charge is -2.08. The van der Waals surface area contributed by atoms with E-state index >= 15 is 0 Å². The summed E-state index contributed by atoms with van der Waals surface area (Å²) >= 11 is 0. The first-order valence-electron chi connectivity index (χ1n) is 7.47. The lowest BCUT2D eigenvalue weighted by molar-refractivity contribution is 0.240. The van der Waals surface area contributed by atoms with Gasteiger partial charge < -0.3 is 15.2 Å². The Balaban J connectivity index is 1.58. The van der Waals surface area contributed by atoms with Crippen molar-refractivity contribution in [1.29, 1.82) is 0 Å². The van der Waals surface area contributed by atoms with E-state index in [2.05, 4.69) is 10.6 Å². The maximum absolute atomic E-state index is 11.6. The predicted molar refractivity (Wildman–Crippen MR) is 86.6 cm³/mol. The normalized spacial score (nSPS) is 10.2. The fraction of sp³-hybridized carbons (Fsp3) is 0.294. The van der Waals surface area contributed by atoms with Crippen LogP contribution in [-0.2, 0) is 13.1 Å². The van der Waals surface area contributed by atoms with Gasteiger partial charge in [0.15, 0.2) is 0 Å². The van der Waals surface area contributed by atoms with E-state index in [-0.39, 0.29) is 11.6 Å². The molecule has 0 unspecified atom stereocenters. The van der Waals surface area contributed by atoms with Gasteiger partial charge in [0.2, 0.25) is 5.56 Å². The van der Waals surface area contributed by atoms with Crippen LogP contribution in [0.5, 0.6) is 0 Å². The third kappa shape index (κ3) is 5.44. The minimum absolute atomic E-state index is 0.0102. The Morgan fingerprint density at radius 1 is 0.955 bits per heavy atom. The second kappa shape index (κ2) is 8.67. The molecule has 0 bridgehead atoms. The van der Waals surface area contributed by atoms with Crippen molar-refractivity contribution in [3.8, 4) is 0 Å². The number of nitrogens with zero attached hydrogens (tertiary/aromatic N) is 1. The van der Waals surface area contributed by atoms with Crippen LogP contribution >= 0.6 is 0 Å². The van der Waals surface area contributed by atoms with E-state index in [1.807, 2.05) is 36.4 Å². The largest absolute Gasteiger partial charge is 0.338 e. The molecule has 1 aromatic heterocycles. The summed E-state index contributed by atoms with van der Waals surface area (Å²) in [6.07, 6.45) is 3.46. The highest BCUT2D eigenvalue weighted by Crippen LogP contribution is 1.97. The highest BCUT2D eigenvalue weighted by atomic mass is 16.2. The van der Waals surface area contributed by atoms with Gasteiger partial charge in [0.05, 0.1) is 0 Å². The standard InChI is InChI=1S/C17H21N3O2/c21-16-10-4-6-12-20(16)13-7-5-11-18-17(22)19-14-15-8-2-1-3-9-15/h1-4,6,8-10,12H,5,7,11,13-14H2,(H2,18,19,22). The van der Waals surface area contributed by atoms with Crippen LogP contribution in [0.3, 0.4) is 0 Å². The van der Waals surface area contributed by atoms with E-state index in [0.29, 0.717) is 19.6 Å². The van der Waals surface area contributed by atoms with Crippen LogP contribution in [-0.4, -0.2) is 17.1 Å². The van der Waals surface area contributed by atoms with E-state index in [1.54, 1.807) is 22.9 Å². The summed E-state index contributed by atoms with van der Waals surface area (Å²) in [5.41, 5.74) is 1.08. The van der Waals surface area contributed by atoms with Gasteiger partial charge in [-0.1, -0.05) is 36.4 Å². The Morgan fingerprint density at radius 3 is 2.50 bits per heavy atom. The molecule has 0 fully saturated rings. The minimum Gasteiger partial charge on any atom is -0.338 e. The zero-order valence-electron chi connectivity index (χ0n) is 12.5. The molecule has 116 valence electrons. The zero-order valence-corrected chi connectivity index (χ0v) is 12.5. The Labute approximate surface area is 130 Å². The second-order valence-electron chi connectivity index (χ2n) is 5.03. The fourth-order valence-corrected chi connectivity index (χ4v) is 2.10. The maximum atomic E-state index is 11.6. The average Bonchev–Trinajstić information content (AvgIpc) is 2.55. The van der Waals surface area contributed by atoms with Crippen molar-refractivity contribution in [2.45, 2.75) is 25.9 Å². The summed E-state index contributed by atoms with van der Waals surface area (Å²) in [5.74, 6) is 0. The average molecular weight is 299 g/mol. The van der Waals surface area contributed by atoms with Gasteiger partial charge in [-0.3, -0.25) is 4.79 Å². The number of hydrogen-bond acceptors (Lipinski definition) is 2. The van der Waals surface area contributed by atoms with E-state index < -0.39 is 0 Å². The summed E-state index contributed by atoms with van der Waals surface area (Å²) in [4.78, 5) is 23.1. The summed E-state index contributed by atoms with van der Waals surface area (Å²) in [6.45, 7) is 1.79. The lowest BCUT2D eigenvalue weighted by atomic mass is 10.2. The highest BCUT2D eigenvalue weighted by Gasteiger charge is 2.00. The van der Waals surface area contributed by atoms with Crippen LogP contribution < -0.4 is 16.2 Å². The number of hydrogen-bond donors (Lipinski definition) is 2. The van der Waals surface area contributed by atoms with Crippen LogP contribution in [0, 0.1) is 0 Å². The highest BCUT2D eigenvalue weighted by molar-refractivity contribution is 5.73. The van der Waals surface area contributed by atoms with Crippen molar-refractivity contribution in [1.82, 2.24) is 15.2 Å². The number of aromatic nitrogens is 1. The summed E-state index contributed by atoms with van der Waals surface area (Å²) in [5, 5.41) is 5.63. The molecule has 5 heteroatoms. The SMILES string of the molecule is O=C(NCCCCn1ccccc1=O)NCc1ccccc1. The second-order valence-corrected chi connectivity index (χ2v) is 5.03. The molecule has 2 aromatic rings. The molecular weight excluding hydrogens is 278 g/mol. The molecule has 0 spiro atoms. The lowest BCUT2D eigenvalue weighted by Crippen LogP contribution is -2.35. The predicted octanol–water partition coefficient (Wildman–Crippen LogP) is 2.13. The Morgan fingerprint density at radius 2 is 1.73 bits per heavy atom. The smallest absolute Gasteiger partial charge is 0.315 e. The molecule has 22 heavy (non-hydrogen) atoms. The summed E-state index contributed by atoms with van der Waals surface area (Å²) in [6, 6.07) is 14.7. The molecule has 2 rings (SSSR count). The van der Waals surface area contributed by atoms with Crippen molar-refractivity contribution in [2.24, 2.45) is 0 Å². The number of benzene rings is 1. The van der Waals surface area contributed by atoms with Crippen LogP contribution in [0.25, 0.3) is 0 Å². The van der Waals surface area contributed by atoms with Crippen molar-refractivity contribution in [3.05, 3.63) is 70.6 Å². The Hall–Kier alpha value is -2.56. The van der Waals surface area contributed by atoms with Crippen LogP contribution in [0.1, 0.15) is 18.4 Å². The monoisotopic (exact) mass is 299 g/mol. The van der Waals surface area contributed by atoms with Crippen molar-refractivity contribution >= 4 is 6.03 Å². The van der Waals surface area contributed by atoms with Crippen molar-refractivity contribution in [2.75, 3.05) is 6.54 Å². The van der Waals surface area contributed by atoms with Gasteiger partial charge in [0.1, 0.15) is 0 Å². The van der Waals surface area contributed by atoms with Crippen molar-refractivity contribution in [3.63, 3.8) is 0 Å². The van der Waals surface area contributed by atoms with Crippen LogP contribution in [0.4, 0.5) is 4.79 Å². The number of urea groups is 1. The first kappa shape index (κ1) is 15.8. The molecule has 0 radical (unpaired) electrons. The number of nitrogens with one attached hydrogen (secondary N) is 2. The molecule has 0 atom stereocenters. The number of pyridine rings is 1. The number of carbonyl (C=O) groups excluding carboxylic acids is 1. The molecule has 0 aliphatic heterocycles. The van der Waals surface area contributed by atoms with E-state index in [1.165, 1.54) is 0 Å². The topological polar surface area (TPSA) is 63.1 Å². The van der Waals surface area contributed by atoms with Gasteiger partial charge in [-0.2, -0.15) is 0 Å². The van der Waals surface area contributed by atoms with E-state index in [9.17, 15) is 9.59 Å². The van der Waals surface area contributed by atoms with E-state index in [0.717, 1.165) is 18.4 Å². The number of rotatable bonds is 7. The van der Waals surface area contributed by atoms with Gasteiger partial charge in [-0.25, -0.2) is 4.79 Å². The summed E-state index contributed by atoms with van der Waals surface area (Å²) < 4.78 is 1.68. The molecule has 0 saturated carbocycles. The van der Waals surface area contributed by atoms with Gasteiger partial charge >= 0.3 is 6.03 Å². The molecule has 2 N–H and O–H groups in total. The third-order valence-electron chi connectivity index (χ3n) is 3.31. The first-order chi connectivity index (χ1) is 10.8. The molecule has 0 saturated heterocycles. The Bertz CT molecular complexity index is 638. The van der Waals surface area contributed by atoms with Gasteiger partial charge in [0, 0.05) is 31.9 Å². The quantitative estimate of drug-likeness (QED) is 0.769. The van der Waals surface area contributed by atoms with E-state index in [4.69, 9.17) is 0 Å². The summed E-state index contributed by atoms with van der Waals surface area (Å²) in [7, 11) is 0. The maximum Gasteiger partial charge on any atom is 0.315 e. The van der Waals surface area contributed by atoms with Gasteiger partial charge in [-0.05, 0) is 24.5 Å². The fourth-order valence-electron chi connectivity index (χ4n) is 2.10. The third-order valence-corrected chi connectivity index (χ3v) is 3.31. The number of carbonyl (C=O) groups is 1. The minimum atomic E-state index is -0.166. The van der Waals surface area contributed by atoms with Gasteiger partial charge in [-0.15, -0.1) is 0 Å². The molecular formula is C17H21N3O2. The molecule has 0 aliphatic carbocycles. The Kier molecular flexibility index (Phi) is 6.23.